The summed E-state index contributed by atoms with van der Waals surface area (Å²) in [6, 6.07) is 0. The molecule has 3 heteroatoms. The SMILES string of the molecule is C/C=C(\Cl)C(OC)OC. The number of ether oxygens (including phenoxy) is 2. The molecule has 0 aromatic rings. The van der Waals surface area contributed by atoms with Crippen molar-refractivity contribution in [1.29, 1.82) is 0 Å². The first-order valence-electron chi connectivity index (χ1n) is 2.63. The lowest BCUT2D eigenvalue weighted by Gasteiger charge is -2.10. The van der Waals surface area contributed by atoms with Gasteiger partial charge in [0.2, 0.25) is 0 Å². The lowest BCUT2D eigenvalue weighted by atomic mass is 10.5. The Balaban J connectivity index is 3.79. The van der Waals surface area contributed by atoms with Crippen LogP contribution in [0.3, 0.4) is 0 Å². The third kappa shape index (κ3) is 2.84. The number of allylic oxidation sites excluding steroid dienone is 1. The van der Waals surface area contributed by atoms with Gasteiger partial charge < -0.3 is 9.47 Å². The predicted molar refractivity (Wildman–Crippen MR) is 37.4 cm³/mol. The van der Waals surface area contributed by atoms with Crippen LogP contribution in [0.4, 0.5) is 0 Å². The molecule has 0 saturated carbocycles. The fraction of sp³-hybridized carbons (Fsp3) is 0.667. The highest BCUT2D eigenvalue weighted by molar-refractivity contribution is 6.30. The lowest BCUT2D eigenvalue weighted by Crippen LogP contribution is -2.12. The van der Waals surface area contributed by atoms with E-state index in [9.17, 15) is 0 Å². The van der Waals surface area contributed by atoms with Gasteiger partial charge in [-0.2, -0.15) is 0 Å². The summed E-state index contributed by atoms with van der Waals surface area (Å²) in [4.78, 5) is 0. The second kappa shape index (κ2) is 4.79. The third-order valence-electron chi connectivity index (χ3n) is 0.929. The Kier molecular flexibility index (Phi) is 4.77. The van der Waals surface area contributed by atoms with E-state index in [0.717, 1.165) is 0 Å². The molecule has 0 fully saturated rings. The van der Waals surface area contributed by atoms with E-state index in [4.69, 9.17) is 21.1 Å². The van der Waals surface area contributed by atoms with E-state index in [1.165, 1.54) is 0 Å². The van der Waals surface area contributed by atoms with E-state index in [0.29, 0.717) is 5.03 Å². The minimum atomic E-state index is -0.406. The lowest BCUT2D eigenvalue weighted by molar-refractivity contribution is -0.0699. The van der Waals surface area contributed by atoms with Crippen LogP contribution in [0.2, 0.25) is 0 Å². The number of halogens is 1. The van der Waals surface area contributed by atoms with Gasteiger partial charge in [0.25, 0.3) is 0 Å². The molecular formula is C6H11ClO2. The van der Waals surface area contributed by atoms with Gasteiger partial charge in [0.1, 0.15) is 0 Å². The summed E-state index contributed by atoms with van der Waals surface area (Å²) in [6.45, 7) is 1.83. The first-order chi connectivity index (χ1) is 4.26. The first kappa shape index (κ1) is 8.95. The average Bonchev–Trinajstić information content (AvgIpc) is 1.90. The molecule has 0 aliphatic carbocycles. The van der Waals surface area contributed by atoms with Crippen molar-refractivity contribution in [3.63, 3.8) is 0 Å². The molecule has 2 nitrogen and oxygen atoms in total. The van der Waals surface area contributed by atoms with Crippen molar-refractivity contribution in [2.75, 3.05) is 14.2 Å². The fourth-order valence-corrected chi connectivity index (χ4v) is 0.636. The molecule has 0 aromatic carbocycles. The monoisotopic (exact) mass is 150 g/mol. The van der Waals surface area contributed by atoms with Crippen molar-refractivity contribution in [3.05, 3.63) is 11.1 Å². The average molecular weight is 151 g/mol. The van der Waals surface area contributed by atoms with Crippen LogP contribution in [-0.2, 0) is 9.47 Å². The summed E-state index contributed by atoms with van der Waals surface area (Å²) >= 11 is 5.64. The van der Waals surface area contributed by atoms with Gasteiger partial charge in [0, 0.05) is 14.2 Å². The first-order valence-corrected chi connectivity index (χ1v) is 3.01. The highest BCUT2D eigenvalue weighted by Gasteiger charge is 2.06. The normalized spacial score (nSPS) is 12.8. The van der Waals surface area contributed by atoms with Crippen LogP contribution in [0, 0.1) is 0 Å². The van der Waals surface area contributed by atoms with Crippen LogP contribution in [0.15, 0.2) is 11.1 Å². The topological polar surface area (TPSA) is 18.5 Å². The third-order valence-corrected chi connectivity index (χ3v) is 1.33. The van der Waals surface area contributed by atoms with Gasteiger partial charge >= 0.3 is 0 Å². The molecule has 9 heavy (non-hydrogen) atoms. The smallest absolute Gasteiger partial charge is 0.193 e. The summed E-state index contributed by atoms with van der Waals surface area (Å²) in [5, 5.41) is 0.569. The van der Waals surface area contributed by atoms with Gasteiger partial charge in [-0.15, -0.1) is 0 Å². The number of methoxy groups -OCH3 is 2. The van der Waals surface area contributed by atoms with Gasteiger partial charge in [-0.1, -0.05) is 17.7 Å². The molecule has 0 saturated heterocycles. The number of hydrogen-bond acceptors (Lipinski definition) is 2. The molecule has 0 rings (SSSR count). The molecule has 0 aliphatic rings. The van der Waals surface area contributed by atoms with Crippen LogP contribution in [0.1, 0.15) is 6.92 Å². The van der Waals surface area contributed by atoms with E-state index in [-0.39, 0.29) is 0 Å². The van der Waals surface area contributed by atoms with Crippen LogP contribution >= 0.6 is 11.6 Å². The Morgan fingerprint density at radius 3 is 2.00 bits per heavy atom. The van der Waals surface area contributed by atoms with E-state index < -0.39 is 6.29 Å². The Morgan fingerprint density at radius 2 is 1.89 bits per heavy atom. The van der Waals surface area contributed by atoms with Crippen molar-refractivity contribution in [2.24, 2.45) is 0 Å². The maximum absolute atomic E-state index is 5.64. The minimum Gasteiger partial charge on any atom is -0.351 e. The van der Waals surface area contributed by atoms with Crippen LogP contribution < -0.4 is 0 Å². The van der Waals surface area contributed by atoms with Crippen molar-refractivity contribution >= 4 is 11.6 Å². The molecule has 0 N–H and O–H groups in total. The summed E-state index contributed by atoms with van der Waals surface area (Å²) < 4.78 is 9.66. The highest BCUT2D eigenvalue weighted by atomic mass is 35.5. The van der Waals surface area contributed by atoms with Gasteiger partial charge in [0.15, 0.2) is 6.29 Å². The molecule has 0 aliphatic heterocycles. The molecule has 0 heterocycles. The summed E-state index contributed by atoms with van der Waals surface area (Å²) in [6.07, 6.45) is 1.33. The highest BCUT2D eigenvalue weighted by Crippen LogP contribution is 2.10. The zero-order valence-corrected chi connectivity index (χ0v) is 6.61. The molecule has 0 spiro atoms. The minimum absolute atomic E-state index is 0.406. The van der Waals surface area contributed by atoms with E-state index in [2.05, 4.69) is 0 Å². The van der Waals surface area contributed by atoms with Crippen LogP contribution in [0.5, 0.6) is 0 Å². The van der Waals surface area contributed by atoms with Crippen LogP contribution in [0.25, 0.3) is 0 Å². The zero-order valence-electron chi connectivity index (χ0n) is 5.85. The summed E-state index contributed by atoms with van der Waals surface area (Å²) in [5.74, 6) is 0. The predicted octanol–water partition coefficient (Wildman–Crippen LogP) is 1.75. The Hall–Kier alpha value is -0.0500. The summed E-state index contributed by atoms with van der Waals surface area (Å²) in [5.41, 5.74) is 0. The Labute approximate surface area is 60.4 Å². The Bertz CT molecular complexity index is 97.2. The number of rotatable bonds is 3. The molecule has 0 atom stereocenters. The molecule has 54 valence electrons. The Morgan fingerprint density at radius 1 is 1.44 bits per heavy atom. The van der Waals surface area contributed by atoms with E-state index >= 15 is 0 Å². The molecule has 0 unspecified atom stereocenters. The molecule has 0 aromatic heterocycles. The maximum Gasteiger partial charge on any atom is 0.193 e. The van der Waals surface area contributed by atoms with E-state index in [1.54, 1.807) is 20.3 Å². The second-order valence-corrected chi connectivity index (χ2v) is 1.91. The van der Waals surface area contributed by atoms with Crippen molar-refractivity contribution in [2.45, 2.75) is 13.2 Å². The molecule has 0 radical (unpaired) electrons. The largest absolute Gasteiger partial charge is 0.351 e. The van der Waals surface area contributed by atoms with Gasteiger partial charge in [-0.05, 0) is 6.92 Å². The zero-order chi connectivity index (χ0) is 7.28. The molecular weight excluding hydrogens is 140 g/mol. The van der Waals surface area contributed by atoms with Crippen molar-refractivity contribution in [3.8, 4) is 0 Å². The fourth-order valence-electron chi connectivity index (χ4n) is 0.457. The van der Waals surface area contributed by atoms with Crippen LogP contribution in [-0.4, -0.2) is 20.5 Å². The second-order valence-electron chi connectivity index (χ2n) is 1.48. The van der Waals surface area contributed by atoms with Gasteiger partial charge in [0.05, 0.1) is 5.03 Å². The molecule has 0 bridgehead atoms. The van der Waals surface area contributed by atoms with Gasteiger partial charge in [-0.25, -0.2) is 0 Å². The number of hydrogen-bond donors (Lipinski definition) is 0. The van der Waals surface area contributed by atoms with Gasteiger partial charge in [-0.3, -0.25) is 0 Å². The summed E-state index contributed by atoms with van der Waals surface area (Å²) in [7, 11) is 3.08. The van der Waals surface area contributed by atoms with Crippen molar-refractivity contribution < 1.29 is 9.47 Å². The quantitative estimate of drug-likeness (QED) is 0.571. The maximum atomic E-state index is 5.64. The van der Waals surface area contributed by atoms with Crippen molar-refractivity contribution in [1.82, 2.24) is 0 Å². The molecule has 0 amide bonds. The van der Waals surface area contributed by atoms with E-state index in [1.807, 2.05) is 6.92 Å². The standard InChI is InChI=1S/C6H11ClO2/c1-4-5(7)6(8-2)9-3/h4,6H,1-3H3/b5-4-.